The Balaban J connectivity index is 1.22. The van der Waals surface area contributed by atoms with Crippen molar-refractivity contribution < 1.29 is 22.3 Å². The number of hydrogen-bond donors (Lipinski definition) is 1. The molecule has 0 spiro atoms. The fourth-order valence-corrected chi connectivity index (χ4v) is 5.24. The third kappa shape index (κ3) is 6.45. The van der Waals surface area contributed by atoms with Crippen LogP contribution in [0.1, 0.15) is 43.6 Å². The lowest BCUT2D eigenvalue weighted by molar-refractivity contribution is 0.0585. The summed E-state index contributed by atoms with van der Waals surface area (Å²) >= 11 is 0. The molecule has 4 aromatic rings. The van der Waals surface area contributed by atoms with Crippen LogP contribution in [0, 0.1) is 11.7 Å². The van der Waals surface area contributed by atoms with E-state index in [4.69, 9.17) is 4.74 Å². The summed E-state index contributed by atoms with van der Waals surface area (Å²) in [6.45, 7) is 6.21. The number of rotatable bonds is 9. The Labute approximate surface area is 237 Å². The van der Waals surface area contributed by atoms with Crippen LogP contribution >= 0.6 is 0 Å². The molecule has 0 atom stereocenters. The lowest BCUT2D eigenvalue weighted by atomic mass is 10.1. The highest BCUT2D eigenvalue weighted by atomic mass is 32.2. The Bertz CT molecular complexity index is 1650. The van der Waals surface area contributed by atoms with Gasteiger partial charge >= 0.3 is 0 Å². The highest BCUT2D eigenvalue weighted by Gasteiger charge is 2.27. The molecule has 1 aliphatic rings. The molecule has 1 fully saturated rings. The number of halogens is 1. The number of pyridine rings is 1. The standard InChI is InChI=1S/C28H32FN7O4S/c1-18(2)8-11-30-19-4-6-24(31-15-19)28(37)35-12-9-20(10-13-35)40-27-22-16-34-36(26(22)32-17-33-27)25-7-5-21(14-23(25)29)41(3,38)39/h4-7,14-18,20,30H,8-13H2,1-3H3. The minimum absolute atomic E-state index is 0.0526. The van der Waals surface area contributed by atoms with Gasteiger partial charge in [-0.25, -0.2) is 32.4 Å². The predicted molar refractivity (Wildman–Crippen MR) is 151 cm³/mol. The molecule has 0 radical (unpaired) electrons. The van der Waals surface area contributed by atoms with Crippen molar-refractivity contribution in [1.82, 2.24) is 29.6 Å². The first kappa shape index (κ1) is 28.4. The van der Waals surface area contributed by atoms with Gasteiger partial charge in [0.2, 0.25) is 5.88 Å². The minimum atomic E-state index is -3.56. The maximum atomic E-state index is 14.8. The molecule has 1 N–H and O–H groups in total. The molecule has 1 aliphatic heterocycles. The summed E-state index contributed by atoms with van der Waals surface area (Å²) in [5.41, 5.74) is 1.67. The summed E-state index contributed by atoms with van der Waals surface area (Å²) in [5.74, 6) is 0.0510. The zero-order chi connectivity index (χ0) is 29.1. The molecular weight excluding hydrogens is 549 g/mol. The van der Waals surface area contributed by atoms with Crippen LogP contribution in [-0.2, 0) is 9.84 Å². The van der Waals surface area contributed by atoms with Gasteiger partial charge in [-0.05, 0) is 42.7 Å². The van der Waals surface area contributed by atoms with E-state index in [1.54, 1.807) is 17.2 Å². The Hall–Kier alpha value is -4.13. The molecule has 5 rings (SSSR count). The Morgan fingerprint density at radius 2 is 1.90 bits per heavy atom. The summed E-state index contributed by atoms with van der Waals surface area (Å²) in [5, 5.41) is 8.06. The second kappa shape index (κ2) is 11.8. The zero-order valence-corrected chi connectivity index (χ0v) is 23.9. The van der Waals surface area contributed by atoms with Crippen molar-refractivity contribution >= 4 is 32.5 Å². The Morgan fingerprint density at radius 1 is 1.12 bits per heavy atom. The maximum Gasteiger partial charge on any atom is 0.272 e. The van der Waals surface area contributed by atoms with Crippen LogP contribution < -0.4 is 10.1 Å². The van der Waals surface area contributed by atoms with Crippen LogP contribution in [0.25, 0.3) is 16.7 Å². The van der Waals surface area contributed by atoms with E-state index in [2.05, 4.69) is 39.2 Å². The van der Waals surface area contributed by atoms with Crippen molar-refractivity contribution in [3.63, 3.8) is 0 Å². The number of aromatic nitrogens is 5. The highest BCUT2D eigenvalue weighted by molar-refractivity contribution is 7.90. The van der Waals surface area contributed by atoms with E-state index in [0.29, 0.717) is 54.5 Å². The number of fused-ring (bicyclic) bond motifs is 1. The first-order chi connectivity index (χ1) is 19.6. The topological polar surface area (TPSA) is 132 Å². The molecule has 13 heteroatoms. The summed E-state index contributed by atoms with van der Waals surface area (Å²) in [6, 6.07) is 7.25. The number of benzene rings is 1. The van der Waals surface area contributed by atoms with Crippen molar-refractivity contribution in [2.75, 3.05) is 31.2 Å². The Morgan fingerprint density at radius 3 is 2.56 bits per heavy atom. The number of amides is 1. The van der Waals surface area contributed by atoms with Crippen LogP contribution in [0.5, 0.6) is 5.88 Å². The van der Waals surface area contributed by atoms with E-state index in [9.17, 15) is 17.6 Å². The molecule has 1 amide bonds. The van der Waals surface area contributed by atoms with Crippen LogP contribution in [0.3, 0.4) is 0 Å². The molecule has 0 bridgehead atoms. The van der Waals surface area contributed by atoms with Crippen LogP contribution in [-0.4, -0.2) is 76.0 Å². The fourth-order valence-electron chi connectivity index (χ4n) is 4.61. The number of carbonyl (C=O) groups is 1. The summed E-state index contributed by atoms with van der Waals surface area (Å²) in [4.78, 5) is 27.5. The molecule has 0 saturated carbocycles. The monoisotopic (exact) mass is 581 g/mol. The molecule has 4 heterocycles. The first-order valence-electron chi connectivity index (χ1n) is 13.4. The van der Waals surface area contributed by atoms with E-state index in [1.807, 2.05) is 6.07 Å². The van der Waals surface area contributed by atoms with Gasteiger partial charge < -0.3 is 15.0 Å². The summed E-state index contributed by atoms with van der Waals surface area (Å²) in [7, 11) is -3.56. The summed E-state index contributed by atoms with van der Waals surface area (Å²) in [6.07, 6.45) is 7.57. The number of nitrogens with zero attached hydrogens (tertiary/aromatic N) is 6. The fraction of sp³-hybridized carbons (Fsp3) is 0.393. The number of piperidine rings is 1. The summed E-state index contributed by atoms with van der Waals surface area (Å²) < 4.78 is 45.8. The normalized spacial score (nSPS) is 14.5. The molecule has 1 saturated heterocycles. The third-order valence-corrected chi connectivity index (χ3v) is 8.06. The second-order valence-electron chi connectivity index (χ2n) is 10.5. The molecule has 0 aliphatic carbocycles. The lowest BCUT2D eigenvalue weighted by Crippen LogP contribution is -2.42. The molecule has 1 aromatic carbocycles. The number of carbonyl (C=O) groups excluding carboxylic acids is 1. The van der Waals surface area contributed by atoms with E-state index in [1.165, 1.54) is 29.3 Å². The van der Waals surface area contributed by atoms with Crippen molar-refractivity contribution in [1.29, 1.82) is 0 Å². The predicted octanol–water partition coefficient (Wildman–Crippen LogP) is 3.89. The van der Waals surface area contributed by atoms with Gasteiger partial charge in [0.05, 0.1) is 23.0 Å². The number of nitrogens with one attached hydrogen (secondary N) is 1. The number of likely N-dealkylation sites (tertiary alicyclic amines) is 1. The van der Waals surface area contributed by atoms with Gasteiger partial charge in [0, 0.05) is 38.7 Å². The number of hydrogen-bond acceptors (Lipinski definition) is 9. The third-order valence-electron chi connectivity index (χ3n) is 6.95. The van der Waals surface area contributed by atoms with Crippen LogP contribution in [0.15, 0.2) is 53.9 Å². The van der Waals surface area contributed by atoms with E-state index in [-0.39, 0.29) is 22.6 Å². The average Bonchev–Trinajstić information content (AvgIpc) is 3.38. The highest BCUT2D eigenvalue weighted by Crippen LogP contribution is 2.28. The van der Waals surface area contributed by atoms with E-state index in [0.717, 1.165) is 31.0 Å². The maximum absolute atomic E-state index is 14.8. The Kier molecular flexibility index (Phi) is 8.15. The van der Waals surface area contributed by atoms with Crippen molar-refractivity contribution in [3.8, 4) is 11.6 Å². The lowest BCUT2D eigenvalue weighted by Gasteiger charge is -2.31. The number of anilines is 1. The van der Waals surface area contributed by atoms with Crippen molar-refractivity contribution in [3.05, 3.63) is 60.6 Å². The SMILES string of the molecule is CC(C)CCNc1ccc(C(=O)N2CCC(Oc3ncnc4c3cnn4-c3ccc(S(C)(=O)=O)cc3F)CC2)nc1. The van der Waals surface area contributed by atoms with Gasteiger partial charge in [0.25, 0.3) is 5.91 Å². The van der Waals surface area contributed by atoms with Crippen molar-refractivity contribution in [2.45, 2.75) is 44.1 Å². The molecular formula is C28H32FN7O4S. The van der Waals surface area contributed by atoms with Gasteiger partial charge in [0.1, 0.15) is 35.0 Å². The van der Waals surface area contributed by atoms with E-state index < -0.39 is 15.7 Å². The molecule has 216 valence electrons. The number of ether oxygens (including phenoxy) is 1. The van der Waals surface area contributed by atoms with E-state index >= 15 is 0 Å². The molecule has 11 nitrogen and oxygen atoms in total. The van der Waals surface area contributed by atoms with Crippen LogP contribution in [0.2, 0.25) is 0 Å². The first-order valence-corrected chi connectivity index (χ1v) is 15.3. The molecule has 0 unspecified atom stereocenters. The smallest absolute Gasteiger partial charge is 0.272 e. The van der Waals surface area contributed by atoms with Gasteiger partial charge in [-0.1, -0.05) is 13.8 Å². The quantitative estimate of drug-likeness (QED) is 0.313. The van der Waals surface area contributed by atoms with Gasteiger partial charge in [-0.3, -0.25) is 4.79 Å². The van der Waals surface area contributed by atoms with Gasteiger partial charge in [0.15, 0.2) is 15.5 Å². The molecule has 41 heavy (non-hydrogen) atoms. The average molecular weight is 582 g/mol. The van der Waals surface area contributed by atoms with Gasteiger partial charge in [-0.2, -0.15) is 5.10 Å². The van der Waals surface area contributed by atoms with Crippen LogP contribution in [0.4, 0.5) is 10.1 Å². The minimum Gasteiger partial charge on any atom is -0.474 e. The largest absolute Gasteiger partial charge is 0.474 e. The van der Waals surface area contributed by atoms with Crippen molar-refractivity contribution in [2.24, 2.45) is 5.92 Å². The second-order valence-corrected chi connectivity index (χ2v) is 12.5. The number of sulfone groups is 1. The van der Waals surface area contributed by atoms with Gasteiger partial charge in [-0.15, -0.1) is 0 Å². The zero-order valence-electron chi connectivity index (χ0n) is 23.1. The molecule has 3 aromatic heterocycles.